The third-order valence-electron chi connectivity index (χ3n) is 6.61. The van der Waals surface area contributed by atoms with Crippen LogP contribution in [0.25, 0.3) is 0 Å². The Hall–Kier alpha value is -3.51. The molecule has 1 heterocycles. The monoisotopic (exact) mass is 603 g/mol. The van der Waals surface area contributed by atoms with E-state index in [0.29, 0.717) is 29.5 Å². The molecular formula is C29H31ClFN3O6S. The Morgan fingerprint density at radius 2 is 1.61 bits per heavy atom. The van der Waals surface area contributed by atoms with Crippen LogP contribution in [0, 0.1) is 5.82 Å². The van der Waals surface area contributed by atoms with Crippen molar-refractivity contribution in [2.45, 2.75) is 31.0 Å². The molecule has 1 aliphatic rings. The highest BCUT2D eigenvalue weighted by atomic mass is 35.5. The Labute approximate surface area is 243 Å². The second kappa shape index (κ2) is 13.9. The number of hydrogen-bond acceptors (Lipinski definition) is 6. The van der Waals surface area contributed by atoms with Crippen LogP contribution in [-0.4, -0.2) is 68.4 Å². The first kappa shape index (κ1) is 30.4. The highest BCUT2D eigenvalue weighted by Gasteiger charge is 2.28. The van der Waals surface area contributed by atoms with E-state index in [2.05, 4.69) is 5.32 Å². The maximum atomic E-state index is 13.5. The van der Waals surface area contributed by atoms with Gasteiger partial charge in [-0.15, -0.1) is 0 Å². The SMILES string of the molecule is C[C@@H](C(=O)NCc1ccc(Cl)cc1)N(Cc1ccc(F)cc1)C(=O)COc1ccc(S(=O)(=O)N2CCOCC2)cc1. The Bertz CT molecular complexity index is 1430. The third kappa shape index (κ3) is 8.26. The molecule has 3 aromatic rings. The number of halogens is 2. The number of ether oxygens (including phenoxy) is 2. The van der Waals surface area contributed by atoms with E-state index < -0.39 is 34.4 Å². The van der Waals surface area contributed by atoms with Crippen LogP contribution in [0.3, 0.4) is 0 Å². The molecule has 3 aromatic carbocycles. The molecule has 41 heavy (non-hydrogen) atoms. The summed E-state index contributed by atoms with van der Waals surface area (Å²) in [5, 5.41) is 3.41. The Balaban J connectivity index is 1.41. The van der Waals surface area contributed by atoms with Crippen LogP contribution in [-0.2, 0) is 37.4 Å². The summed E-state index contributed by atoms with van der Waals surface area (Å²) < 4.78 is 51.4. The maximum absolute atomic E-state index is 13.5. The topological polar surface area (TPSA) is 105 Å². The molecule has 12 heteroatoms. The lowest BCUT2D eigenvalue weighted by Crippen LogP contribution is -2.48. The summed E-state index contributed by atoms with van der Waals surface area (Å²) >= 11 is 5.92. The number of hydrogen-bond donors (Lipinski definition) is 1. The van der Waals surface area contributed by atoms with Crippen LogP contribution in [0.2, 0.25) is 5.02 Å². The molecule has 0 unspecified atom stereocenters. The average Bonchev–Trinajstić information content (AvgIpc) is 2.99. The number of morpholine rings is 1. The number of carbonyl (C=O) groups is 2. The molecule has 1 atom stereocenters. The van der Waals surface area contributed by atoms with Gasteiger partial charge in [0.25, 0.3) is 5.91 Å². The molecule has 1 aliphatic heterocycles. The molecule has 0 spiro atoms. The lowest BCUT2D eigenvalue weighted by atomic mass is 10.1. The fraction of sp³-hybridized carbons (Fsp3) is 0.310. The zero-order chi connectivity index (χ0) is 29.4. The smallest absolute Gasteiger partial charge is 0.261 e. The van der Waals surface area contributed by atoms with E-state index in [1.807, 2.05) is 0 Å². The van der Waals surface area contributed by atoms with Gasteiger partial charge in [0.05, 0.1) is 18.1 Å². The number of rotatable bonds is 11. The summed E-state index contributed by atoms with van der Waals surface area (Å²) in [6.07, 6.45) is 0. The minimum atomic E-state index is -3.66. The van der Waals surface area contributed by atoms with Crippen LogP contribution >= 0.6 is 11.6 Å². The van der Waals surface area contributed by atoms with Gasteiger partial charge in [0, 0.05) is 31.2 Å². The van der Waals surface area contributed by atoms with Gasteiger partial charge < -0.3 is 19.7 Å². The first-order valence-electron chi connectivity index (χ1n) is 13.0. The van der Waals surface area contributed by atoms with Gasteiger partial charge in [-0.2, -0.15) is 4.31 Å². The molecule has 1 saturated heterocycles. The summed E-state index contributed by atoms with van der Waals surface area (Å²) in [6.45, 7) is 2.75. The molecule has 218 valence electrons. The van der Waals surface area contributed by atoms with E-state index in [4.69, 9.17) is 21.1 Å². The first-order chi connectivity index (χ1) is 19.6. The van der Waals surface area contributed by atoms with Crippen molar-refractivity contribution in [1.29, 1.82) is 0 Å². The molecule has 0 bridgehead atoms. The van der Waals surface area contributed by atoms with Gasteiger partial charge in [-0.05, 0) is 66.6 Å². The molecule has 0 radical (unpaired) electrons. The van der Waals surface area contributed by atoms with Gasteiger partial charge in [0.2, 0.25) is 15.9 Å². The second-order valence-electron chi connectivity index (χ2n) is 9.44. The molecule has 1 N–H and O–H groups in total. The van der Waals surface area contributed by atoms with Gasteiger partial charge >= 0.3 is 0 Å². The lowest BCUT2D eigenvalue weighted by molar-refractivity contribution is -0.142. The van der Waals surface area contributed by atoms with Crippen molar-refractivity contribution in [1.82, 2.24) is 14.5 Å². The first-order valence-corrected chi connectivity index (χ1v) is 14.8. The van der Waals surface area contributed by atoms with Crippen molar-refractivity contribution in [2.75, 3.05) is 32.9 Å². The van der Waals surface area contributed by atoms with E-state index >= 15 is 0 Å². The summed E-state index contributed by atoms with van der Waals surface area (Å²) in [7, 11) is -3.66. The Kier molecular flexibility index (Phi) is 10.3. The van der Waals surface area contributed by atoms with Gasteiger partial charge in [-0.3, -0.25) is 9.59 Å². The van der Waals surface area contributed by atoms with Gasteiger partial charge in [-0.25, -0.2) is 12.8 Å². The van der Waals surface area contributed by atoms with Crippen LogP contribution in [0.15, 0.2) is 77.7 Å². The zero-order valence-electron chi connectivity index (χ0n) is 22.5. The Morgan fingerprint density at radius 1 is 1.00 bits per heavy atom. The van der Waals surface area contributed by atoms with E-state index in [9.17, 15) is 22.4 Å². The predicted molar refractivity (Wildman–Crippen MR) is 151 cm³/mol. The normalized spacial score (nSPS) is 14.7. The molecule has 0 saturated carbocycles. The summed E-state index contributed by atoms with van der Waals surface area (Å²) in [6, 6.07) is 17.6. The maximum Gasteiger partial charge on any atom is 0.261 e. The highest BCUT2D eigenvalue weighted by molar-refractivity contribution is 7.89. The van der Waals surface area contributed by atoms with Crippen LogP contribution < -0.4 is 10.1 Å². The number of nitrogens with zero attached hydrogens (tertiary/aromatic N) is 2. The molecule has 0 aliphatic carbocycles. The minimum Gasteiger partial charge on any atom is -0.484 e. The van der Waals surface area contributed by atoms with Crippen molar-refractivity contribution in [2.24, 2.45) is 0 Å². The molecule has 1 fully saturated rings. The minimum absolute atomic E-state index is 0.0503. The third-order valence-corrected chi connectivity index (χ3v) is 8.77. The van der Waals surface area contributed by atoms with Crippen molar-refractivity contribution in [3.05, 3.63) is 94.8 Å². The molecule has 0 aromatic heterocycles. The molecule has 4 rings (SSSR count). The van der Waals surface area contributed by atoms with Crippen molar-refractivity contribution in [3.63, 3.8) is 0 Å². The summed E-state index contributed by atoms with van der Waals surface area (Å²) in [5.41, 5.74) is 1.48. The quantitative estimate of drug-likeness (QED) is 0.359. The van der Waals surface area contributed by atoms with Crippen molar-refractivity contribution in [3.8, 4) is 5.75 Å². The van der Waals surface area contributed by atoms with E-state index in [1.54, 1.807) is 43.3 Å². The fourth-order valence-electron chi connectivity index (χ4n) is 4.18. The fourth-order valence-corrected chi connectivity index (χ4v) is 5.71. The van der Waals surface area contributed by atoms with Crippen LogP contribution in [0.1, 0.15) is 18.1 Å². The zero-order valence-corrected chi connectivity index (χ0v) is 24.0. The van der Waals surface area contributed by atoms with Gasteiger partial charge in [0.15, 0.2) is 6.61 Å². The number of benzene rings is 3. The van der Waals surface area contributed by atoms with E-state index in [-0.39, 0.29) is 37.0 Å². The molecular weight excluding hydrogens is 573 g/mol. The van der Waals surface area contributed by atoms with Gasteiger partial charge in [0.1, 0.15) is 17.6 Å². The highest BCUT2D eigenvalue weighted by Crippen LogP contribution is 2.21. The van der Waals surface area contributed by atoms with Crippen LogP contribution in [0.4, 0.5) is 4.39 Å². The van der Waals surface area contributed by atoms with Crippen molar-refractivity contribution < 1.29 is 31.9 Å². The lowest BCUT2D eigenvalue weighted by Gasteiger charge is -2.29. The van der Waals surface area contributed by atoms with E-state index in [0.717, 1.165) is 5.56 Å². The predicted octanol–water partition coefficient (Wildman–Crippen LogP) is 3.61. The largest absolute Gasteiger partial charge is 0.484 e. The molecule has 9 nitrogen and oxygen atoms in total. The second-order valence-corrected chi connectivity index (χ2v) is 11.8. The standard InChI is InChI=1S/C29H31ClFN3O6S/c1-21(29(36)32-18-22-2-6-24(30)7-3-22)34(19-23-4-8-25(31)9-5-23)28(35)20-40-26-10-12-27(13-11-26)41(37,38)33-14-16-39-17-15-33/h2-13,21H,14-20H2,1H3,(H,32,36)/t21-/m0/s1. The number of amides is 2. The number of nitrogens with one attached hydrogen (secondary N) is 1. The Morgan fingerprint density at radius 3 is 2.24 bits per heavy atom. The van der Waals surface area contributed by atoms with Crippen molar-refractivity contribution >= 4 is 33.4 Å². The number of carbonyl (C=O) groups excluding carboxylic acids is 2. The van der Waals surface area contributed by atoms with Crippen LogP contribution in [0.5, 0.6) is 5.75 Å². The summed E-state index contributed by atoms with van der Waals surface area (Å²) in [5.74, 6) is -0.981. The molecule has 2 amide bonds. The average molecular weight is 604 g/mol. The van der Waals surface area contributed by atoms with E-state index in [1.165, 1.54) is 45.6 Å². The number of sulfonamides is 1. The summed E-state index contributed by atoms with van der Waals surface area (Å²) in [4.78, 5) is 27.8. The van der Waals surface area contributed by atoms with Gasteiger partial charge in [-0.1, -0.05) is 35.9 Å².